The van der Waals surface area contributed by atoms with Crippen molar-refractivity contribution in [2.45, 2.75) is 55.1 Å². The van der Waals surface area contributed by atoms with Crippen LogP contribution in [0.15, 0.2) is 146 Å². The Morgan fingerprint density at radius 2 is 0.864 bits per heavy atom. The zero-order valence-electron chi connectivity index (χ0n) is 48.4. The summed E-state index contributed by atoms with van der Waals surface area (Å²) < 4.78 is 121. The second-order valence-corrected chi connectivity index (χ2v) is 16.5. The summed E-state index contributed by atoms with van der Waals surface area (Å²) in [6.45, 7) is -4.89. The largest absolute Gasteiger partial charge is 0.457 e. The Balaban J connectivity index is 1.04. The Morgan fingerprint density at radius 1 is 0.409 bits per heavy atom. The van der Waals surface area contributed by atoms with E-state index < -0.39 is 49.8 Å². The van der Waals surface area contributed by atoms with Crippen LogP contribution in [0.25, 0.3) is 77.8 Å². The Bertz CT molecular complexity index is 4210. The molecule has 0 fully saturated rings. The smallest absolute Gasteiger partial charge is 0.137 e. The predicted octanol–water partition coefficient (Wildman–Crippen LogP) is 14.8. The van der Waals surface area contributed by atoms with Crippen molar-refractivity contribution < 1.29 is 25.9 Å². The second-order valence-electron chi connectivity index (χ2n) is 16.5. The molecular weight excluding hydrogens is 813 g/mol. The molecule has 0 saturated carbocycles. The van der Waals surface area contributed by atoms with Gasteiger partial charge in [0.2, 0.25) is 0 Å². The first kappa shape index (κ1) is 29.4. The summed E-state index contributed by atoms with van der Waals surface area (Å²) in [5.74, 6) is 1.42. The summed E-state index contributed by atoms with van der Waals surface area (Å²) in [5, 5.41) is 3.68. The second kappa shape index (κ2) is 15.9. The Morgan fingerprint density at radius 3 is 1.33 bits per heavy atom. The summed E-state index contributed by atoms with van der Waals surface area (Å²) in [6, 6.07) is 36.9. The van der Waals surface area contributed by atoms with Crippen LogP contribution in [-0.2, 0) is 0 Å². The average Bonchev–Trinajstić information content (AvgIpc) is 3.64. The molecule has 0 N–H and O–H groups in total. The molecule has 5 aromatic heterocycles. The zero-order valence-corrected chi connectivity index (χ0v) is 36.4. The third-order valence-corrected chi connectivity index (χ3v) is 12.4. The van der Waals surface area contributed by atoms with Crippen molar-refractivity contribution in [3.8, 4) is 57.1 Å². The fourth-order valence-corrected chi connectivity index (χ4v) is 8.84. The van der Waals surface area contributed by atoms with Gasteiger partial charge in [-0.1, -0.05) is 36.4 Å². The van der Waals surface area contributed by atoms with Crippen molar-refractivity contribution in [2.24, 2.45) is 0 Å². The van der Waals surface area contributed by atoms with Gasteiger partial charge in [0.15, 0.2) is 0 Å². The van der Waals surface area contributed by atoms with Gasteiger partial charge in [-0.2, -0.15) is 0 Å². The van der Waals surface area contributed by atoms with E-state index in [9.17, 15) is 0 Å². The van der Waals surface area contributed by atoms with E-state index in [-0.39, 0.29) is 34.0 Å². The minimum Gasteiger partial charge on any atom is -0.457 e. The van der Waals surface area contributed by atoms with Crippen LogP contribution < -0.4 is 9.47 Å². The maximum atomic E-state index is 8.73. The van der Waals surface area contributed by atoms with Gasteiger partial charge in [-0.15, -0.1) is 0 Å². The van der Waals surface area contributed by atoms with Crippen molar-refractivity contribution in [3.05, 3.63) is 191 Å². The predicted molar refractivity (Wildman–Crippen MR) is 268 cm³/mol. The molecule has 0 aliphatic rings. The third-order valence-electron chi connectivity index (χ3n) is 12.4. The van der Waals surface area contributed by atoms with Gasteiger partial charge in [-0.25, -0.2) is 9.97 Å². The van der Waals surface area contributed by atoms with Crippen LogP contribution >= 0.6 is 0 Å². The number of pyridine rings is 2. The fourth-order valence-electron chi connectivity index (χ4n) is 8.84. The van der Waals surface area contributed by atoms with Gasteiger partial charge in [0, 0.05) is 73.6 Å². The normalized spacial score (nSPS) is 15.1. The van der Waals surface area contributed by atoms with Crippen molar-refractivity contribution in [1.29, 1.82) is 0 Å². The highest BCUT2D eigenvalue weighted by Gasteiger charge is 2.20. The summed E-state index contributed by atoms with van der Waals surface area (Å²) in [7, 11) is 0. The summed E-state index contributed by atoms with van der Waals surface area (Å²) >= 11 is 0. The first-order valence-electron chi connectivity index (χ1n) is 27.3. The highest BCUT2D eigenvalue weighted by atomic mass is 16.5. The molecule has 322 valence electrons. The van der Waals surface area contributed by atoms with Crippen molar-refractivity contribution in [1.82, 2.24) is 29.1 Å². The van der Waals surface area contributed by atoms with E-state index in [0.29, 0.717) is 39.6 Å². The lowest BCUT2D eigenvalue weighted by atomic mass is 9.95. The first-order chi connectivity index (χ1) is 36.9. The minimum atomic E-state index is -3.28. The molecule has 11 rings (SSSR count). The molecule has 0 bridgehead atoms. The molecule has 0 saturated heterocycles. The topological polar surface area (TPSA) is 79.9 Å². The lowest BCUT2D eigenvalue weighted by molar-refractivity contribution is 0.478. The summed E-state index contributed by atoms with van der Waals surface area (Å²) in [6.07, 6.45) is 6.07. The SMILES string of the molecule is [2H]C([2H])([2H])c1c(Oc2ccc3c4ccccc4n(-c4cc(C)ccn4)c3c2)cc(-c2cnc(-c3cc(Oc4ccc5c6ccccc6n(-c6cc(C)ccn6)c5c4)c(C([2H])([2H])[2H])c(C([2H])([2H])[2H])c3C([2H])([2H])[2H])cn2)c(C)c1C. The van der Waals surface area contributed by atoms with Gasteiger partial charge >= 0.3 is 0 Å². The maximum absolute atomic E-state index is 8.73. The molecule has 0 amide bonds. The van der Waals surface area contributed by atoms with E-state index >= 15 is 0 Å². The van der Waals surface area contributed by atoms with Crippen LogP contribution in [-0.4, -0.2) is 29.1 Å². The van der Waals surface area contributed by atoms with Gasteiger partial charge in [0.05, 0.1) is 45.8 Å². The number of para-hydroxylation sites is 2. The lowest BCUT2D eigenvalue weighted by Crippen LogP contribution is -2.00. The van der Waals surface area contributed by atoms with Gasteiger partial charge in [-0.05, 0) is 172 Å². The number of nitrogens with zero attached hydrogens (tertiary/aromatic N) is 6. The minimum absolute atomic E-state index is 0.0110. The number of hydrogen-bond donors (Lipinski definition) is 0. The summed E-state index contributed by atoms with van der Waals surface area (Å²) in [4.78, 5) is 18.7. The number of ether oxygens (including phenoxy) is 2. The van der Waals surface area contributed by atoms with Gasteiger partial charge in [0.25, 0.3) is 0 Å². The van der Waals surface area contributed by atoms with Gasteiger partial charge in [0.1, 0.15) is 34.6 Å². The van der Waals surface area contributed by atoms with E-state index in [0.717, 1.165) is 49.2 Å². The summed E-state index contributed by atoms with van der Waals surface area (Å²) in [5.41, 5.74) is 4.05. The molecule has 0 atom stereocenters. The van der Waals surface area contributed by atoms with Crippen LogP contribution in [0.2, 0.25) is 0 Å². The molecule has 6 aromatic carbocycles. The molecule has 0 unspecified atom stereocenters. The number of rotatable bonds is 8. The third kappa shape index (κ3) is 6.76. The van der Waals surface area contributed by atoms with Crippen LogP contribution in [0.4, 0.5) is 0 Å². The molecule has 0 spiro atoms. The Kier molecular flexibility index (Phi) is 7.05. The van der Waals surface area contributed by atoms with Crippen molar-refractivity contribution in [2.75, 3.05) is 0 Å². The van der Waals surface area contributed by atoms with Crippen LogP contribution in [0.5, 0.6) is 23.0 Å². The van der Waals surface area contributed by atoms with Gasteiger partial charge in [-0.3, -0.25) is 19.1 Å². The Hall–Kier alpha value is -8.10. The van der Waals surface area contributed by atoms with E-state index in [1.54, 1.807) is 50.5 Å². The molecule has 66 heavy (non-hydrogen) atoms. The van der Waals surface area contributed by atoms with Crippen LogP contribution in [0.1, 0.15) is 61.0 Å². The molecule has 0 radical (unpaired) electrons. The van der Waals surface area contributed by atoms with Crippen LogP contribution in [0.3, 0.4) is 0 Å². The fraction of sp³-hybridized carbons (Fsp3) is 0.138. The number of aromatic nitrogens is 6. The zero-order chi connectivity index (χ0) is 55.4. The molecule has 0 aliphatic carbocycles. The van der Waals surface area contributed by atoms with E-state index in [1.807, 2.05) is 114 Å². The average molecular weight is 873 g/mol. The van der Waals surface area contributed by atoms with Gasteiger partial charge < -0.3 is 9.47 Å². The molecule has 8 nitrogen and oxygen atoms in total. The first-order valence-corrected chi connectivity index (χ1v) is 21.3. The van der Waals surface area contributed by atoms with E-state index in [4.69, 9.17) is 30.9 Å². The highest BCUT2D eigenvalue weighted by Crippen LogP contribution is 2.41. The maximum Gasteiger partial charge on any atom is 0.137 e. The molecule has 8 heteroatoms. The molecule has 5 heterocycles. The molecule has 0 aliphatic heterocycles. The quantitative estimate of drug-likeness (QED) is 0.151. The van der Waals surface area contributed by atoms with E-state index in [2.05, 4.69) is 15.0 Å². The van der Waals surface area contributed by atoms with E-state index in [1.165, 1.54) is 18.5 Å². The number of hydrogen-bond acceptors (Lipinski definition) is 6. The number of fused-ring (bicyclic) bond motifs is 6. The Labute approximate surface area is 400 Å². The van der Waals surface area contributed by atoms with Crippen molar-refractivity contribution >= 4 is 43.6 Å². The van der Waals surface area contributed by atoms with Crippen molar-refractivity contribution in [3.63, 3.8) is 0 Å². The monoisotopic (exact) mass is 872 g/mol. The number of aryl methyl sites for hydroxylation is 2. The number of benzene rings is 6. The highest BCUT2D eigenvalue weighted by molar-refractivity contribution is 6.10. The van der Waals surface area contributed by atoms with Crippen LogP contribution in [0, 0.1) is 55.1 Å². The molecular formula is C58H48N6O2. The molecule has 11 aromatic rings. The lowest BCUT2D eigenvalue weighted by Gasteiger charge is -2.18. The standard InChI is InChI=1S/C58H48N6O2/c1-33-21-23-59-57(25-33)63-51-15-11-9-13-43(51)45-19-17-41(27-53(45)63)65-55-29-47(37(5)35(3)39(55)7)49-31-62-50(32-61-49)48-30-56(40(8)36(4)38(48)6)66-42-18-20-46-44-14-10-12-16-52(44)64(54(46)28-42)58-26-34(2)22-24-60-58/h9-32H,1-8H3/i3D3,5D3,7D3,8D3.